The minimum absolute atomic E-state index is 0.198. The van der Waals surface area contributed by atoms with Crippen LogP contribution in [0.15, 0.2) is 66.7 Å². The molecular weight excluding hydrogens is 645 g/mol. The van der Waals surface area contributed by atoms with E-state index in [1.165, 1.54) is 29.2 Å². The van der Waals surface area contributed by atoms with Gasteiger partial charge in [0.15, 0.2) is 0 Å². The van der Waals surface area contributed by atoms with Gasteiger partial charge in [0, 0.05) is 49.7 Å². The second-order valence-corrected chi connectivity index (χ2v) is 12.6. The van der Waals surface area contributed by atoms with Crippen LogP contribution in [-0.2, 0) is 4.74 Å². The zero-order valence-electron chi connectivity index (χ0n) is 29.3. The normalized spacial score (nSPS) is 19.2. The Morgan fingerprint density at radius 1 is 1.00 bits per heavy atom. The smallest absolute Gasteiger partial charge is 0.323 e. The summed E-state index contributed by atoms with van der Waals surface area (Å²) in [7, 11) is 3.21. The molecule has 0 saturated heterocycles. The van der Waals surface area contributed by atoms with Crippen LogP contribution in [0.5, 0.6) is 11.5 Å². The van der Waals surface area contributed by atoms with Crippen molar-refractivity contribution in [2.75, 3.05) is 56.4 Å². The molecule has 12 nitrogen and oxygen atoms in total. The molecule has 3 aromatic carbocycles. The van der Waals surface area contributed by atoms with Crippen molar-refractivity contribution in [2.24, 2.45) is 5.92 Å². The molecule has 0 fully saturated rings. The van der Waals surface area contributed by atoms with Crippen LogP contribution in [0, 0.1) is 11.7 Å². The number of carbonyl (C=O) groups is 3. The number of amides is 5. The molecule has 1 heterocycles. The monoisotopic (exact) mass is 693 g/mol. The number of anilines is 3. The van der Waals surface area contributed by atoms with Gasteiger partial charge in [0.05, 0.1) is 37.5 Å². The highest BCUT2D eigenvalue weighted by Gasteiger charge is 2.31. The van der Waals surface area contributed by atoms with Crippen molar-refractivity contribution in [3.63, 3.8) is 0 Å². The fraction of sp³-hybridized carbons (Fsp3) is 0.432. The fourth-order valence-electron chi connectivity index (χ4n) is 5.54. The van der Waals surface area contributed by atoms with Crippen LogP contribution in [0.2, 0.25) is 0 Å². The highest BCUT2D eigenvalue weighted by Crippen LogP contribution is 2.29. The molecule has 0 radical (unpaired) electrons. The van der Waals surface area contributed by atoms with E-state index in [0.717, 1.165) is 12.8 Å². The van der Waals surface area contributed by atoms with E-state index in [0.29, 0.717) is 41.6 Å². The van der Waals surface area contributed by atoms with Gasteiger partial charge in [-0.25, -0.2) is 14.0 Å². The Labute approximate surface area is 292 Å². The summed E-state index contributed by atoms with van der Waals surface area (Å²) in [6.45, 7) is 6.19. The summed E-state index contributed by atoms with van der Waals surface area (Å²) in [4.78, 5) is 43.4. The highest BCUT2D eigenvalue weighted by atomic mass is 19.1. The van der Waals surface area contributed by atoms with E-state index in [4.69, 9.17) is 14.2 Å². The molecule has 1 aliphatic rings. The van der Waals surface area contributed by atoms with Crippen molar-refractivity contribution in [1.82, 2.24) is 9.80 Å². The number of rotatable bonds is 8. The van der Waals surface area contributed by atoms with Crippen molar-refractivity contribution >= 4 is 35.0 Å². The van der Waals surface area contributed by atoms with Crippen molar-refractivity contribution in [3.8, 4) is 11.5 Å². The Hall–Kier alpha value is -4.88. The summed E-state index contributed by atoms with van der Waals surface area (Å²) in [6, 6.07) is 15.9. The summed E-state index contributed by atoms with van der Waals surface area (Å²) < 4.78 is 31.1. The summed E-state index contributed by atoms with van der Waals surface area (Å²) in [5, 5.41) is 18.6. The van der Waals surface area contributed by atoms with Gasteiger partial charge >= 0.3 is 12.1 Å². The number of hydrogen-bond acceptors (Lipinski definition) is 7. The number of fused-ring (bicyclic) bond motifs is 1. The molecule has 0 bridgehead atoms. The summed E-state index contributed by atoms with van der Waals surface area (Å²) in [5.74, 6) is -0.0349. The quantitative estimate of drug-likeness (QED) is 0.213. The molecule has 0 saturated carbocycles. The van der Waals surface area contributed by atoms with Crippen LogP contribution in [0.1, 0.15) is 50.4 Å². The molecule has 0 spiro atoms. The first-order valence-electron chi connectivity index (χ1n) is 16.8. The Morgan fingerprint density at radius 2 is 1.64 bits per heavy atom. The minimum atomic E-state index is -0.571. The average molecular weight is 694 g/mol. The number of hydrogen-bond donors (Lipinski definition) is 4. The number of benzene rings is 3. The molecule has 270 valence electrons. The van der Waals surface area contributed by atoms with E-state index in [9.17, 15) is 23.9 Å². The SMILES string of the molecule is COc1ccc(NC(=O)Nc2ccc3c(c2)C(=O)N([C@H](C)CO)C[C@@H](C)[C@H](CN(C)C(=O)Nc2ccc(F)cc2)OCCCC[C@@H](C)O3)cc1. The standard InChI is InChI=1S/C37H48FN5O7/c1-24-21-43(25(2)23-44)35(45)32-20-30(40-36(46)39-28-13-16-31(48-5)17-14-28)15-18-33(32)50-26(3)8-6-7-19-49-34(24)22-42(4)37(47)41-29-11-9-27(38)10-12-29/h9-18,20,24-26,34,44H,6-8,19,21-23H2,1-5H3,(H,41,47)(H2,39,40,46)/t24-,25-,26-,34+/m1/s1. The first-order valence-corrected chi connectivity index (χ1v) is 16.8. The molecule has 4 rings (SSSR count). The number of methoxy groups -OCH3 is 1. The summed E-state index contributed by atoms with van der Waals surface area (Å²) >= 11 is 0. The lowest BCUT2D eigenvalue weighted by Gasteiger charge is -2.35. The predicted molar refractivity (Wildman–Crippen MR) is 191 cm³/mol. The van der Waals surface area contributed by atoms with Crippen molar-refractivity contribution in [1.29, 1.82) is 0 Å². The molecule has 0 aliphatic carbocycles. The summed E-state index contributed by atoms with van der Waals surface area (Å²) in [6.07, 6.45) is 1.60. The van der Waals surface area contributed by atoms with Gasteiger partial charge in [-0.2, -0.15) is 0 Å². The largest absolute Gasteiger partial charge is 0.497 e. The number of urea groups is 2. The van der Waals surface area contributed by atoms with Crippen LogP contribution in [-0.4, -0.2) is 91.6 Å². The zero-order valence-corrected chi connectivity index (χ0v) is 29.3. The molecule has 0 aromatic heterocycles. The minimum Gasteiger partial charge on any atom is -0.497 e. The second-order valence-electron chi connectivity index (χ2n) is 12.6. The van der Waals surface area contributed by atoms with Crippen molar-refractivity contribution < 1.29 is 38.1 Å². The van der Waals surface area contributed by atoms with Crippen LogP contribution < -0.4 is 25.4 Å². The number of ether oxygens (including phenoxy) is 3. The predicted octanol–water partition coefficient (Wildman–Crippen LogP) is 6.44. The third kappa shape index (κ3) is 10.8. The fourth-order valence-corrected chi connectivity index (χ4v) is 5.54. The van der Waals surface area contributed by atoms with E-state index in [-0.39, 0.29) is 43.3 Å². The van der Waals surface area contributed by atoms with E-state index in [1.807, 2.05) is 13.8 Å². The second kappa shape index (κ2) is 18.2. The molecule has 4 N–H and O–H groups in total. The molecule has 50 heavy (non-hydrogen) atoms. The zero-order chi connectivity index (χ0) is 36.2. The topological polar surface area (TPSA) is 142 Å². The van der Waals surface area contributed by atoms with Gasteiger partial charge in [-0.05, 0) is 99.8 Å². The molecule has 1 aliphatic heterocycles. The van der Waals surface area contributed by atoms with Gasteiger partial charge in [-0.1, -0.05) is 6.92 Å². The molecule has 5 amide bonds. The maximum atomic E-state index is 14.4. The first kappa shape index (κ1) is 37.9. The lowest BCUT2D eigenvalue weighted by atomic mass is 10.0. The Kier molecular flexibility index (Phi) is 13.8. The number of halogens is 1. The molecule has 4 atom stereocenters. The third-order valence-corrected chi connectivity index (χ3v) is 8.55. The van der Waals surface area contributed by atoms with Gasteiger partial charge in [-0.15, -0.1) is 0 Å². The molecule has 3 aromatic rings. The van der Waals surface area contributed by atoms with E-state index >= 15 is 0 Å². The van der Waals surface area contributed by atoms with Crippen LogP contribution in [0.25, 0.3) is 0 Å². The average Bonchev–Trinajstić information content (AvgIpc) is 3.10. The van der Waals surface area contributed by atoms with Gasteiger partial charge < -0.3 is 45.1 Å². The summed E-state index contributed by atoms with van der Waals surface area (Å²) in [5.41, 5.74) is 1.62. The Morgan fingerprint density at radius 3 is 2.32 bits per heavy atom. The van der Waals surface area contributed by atoms with Gasteiger partial charge in [-0.3, -0.25) is 4.79 Å². The number of aliphatic hydroxyl groups is 1. The van der Waals surface area contributed by atoms with Crippen molar-refractivity contribution in [2.45, 2.75) is 58.3 Å². The van der Waals surface area contributed by atoms with Crippen LogP contribution in [0.4, 0.5) is 31.0 Å². The van der Waals surface area contributed by atoms with Gasteiger partial charge in [0.2, 0.25) is 0 Å². The van der Waals surface area contributed by atoms with E-state index < -0.39 is 29.9 Å². The number of carbonyl (C=O) groups excluding carboxylic acids is 3. The lowest BCUT2D eigenvalue weighted by molar-refractivity contribution is -0.0115. The number of nitrogens with one attached hydrogen (secondary N) is 3. The number of likely N-dealkylation sites (N-methyl/N-ethyl adjacent to an activating group) is 1. The lowest BCUT2D eigenvalue weighted by Crippen LogP contribution is -2.48. The Balaban J connectivity index is 1.56. The number of aliphatic hydroxyl groups excluding tert-OH is 1. The molecular formula is C37H48FN5O7. The van der Waals surface area contributed by atoms with Gasteiger partial charge in [0.25, 0.3) is 5.91 Å². The van der Waals surface area contributed by atoms with Crippen LogP contribution >= 0.6 is 0 Å². The van der Waals surface area contributed by atoms with Crippen LogP contribution in [0.3, 0.4) is 0 Å². The van der Waals surface area contributed by atoms with Crippen molar-refractivity contribution in [3.05, 3.63) is 78.1 Å². The highest BCUT2D eigenvalue weighted by molar-refractivity contribution is 6.02. The molecule has 13 heteroatoms. The Bertz CT molecular complexity index is 1570. The van der Waals surface area contributed by atoms with E-state index in [1.54, 1.807) is 68.4 Å². The van der Waals surface area contributed by atoms with Gasteiger partial charge in [0.1, 0.15) is 17.3 Å². The third-order valence-electron chi connectivity index (χ3n) is 8.55. The number of nitrogens with zero attached hydrogens (tertiary/aromatic N) is 2. The first-order chi connectivity index (χ1) is 24.0. The maximum absolute atomic E-state index is 14.4. The maximum Gasteiger partial charge on any atom is 0.323 e. The molecule has 0 unspecified atom stereocenters. The van der Waals surface area contributed by atoms with E-state index in [2.05, 4.69) is 16.0 Å².